The number of carbonyl (C=O) groups excluding carboxylic acids is 1. The summed E-state index contributed by atoms with van der Waals surface area (Å²) >= 11 is 0. The highest BCUT2D eigenvalue weighted by Crippen LogP contribution is 2.12. The average Bonchev–Trinajstić information content (AvgIpc) is 2.51. The molecular formula is C11H18F3N3O3. The van der Waals surface area contributed by atoms with Gasteiger partial charge in [0.05, 0.1) is 13.1 Å². The molecule has 2 N–H and O–H groups in total. The van der Waals surface area contributed by atoms with E-state index in [0.29, 0.717) is 32.6 Å². The van der Waals surface area contributed by atoms with Gasteiger partial charge < -0.3 is 10.4 Å². The number of carboxylic acid groups (broad SMARTS) is 1. The van der Waals surface area contributed by atoms with Gasteiger partial charge in [-0.15, -0.1) is 0 Å². The smallest absolute Gasteiger partial charge is 0.405 e. The fraction of sp³-hybridized carbons (Fsp3) is 0.818. The molecule has 1 saturated heterocycles. The topological polar surface area (TPSA) is 72.9 Å². The van der Waals surface area contributed by atoms with Crippen LogP contribution in [0.2, 0.25) is 0 Å². The molecule has 116 valence electrons. The van der Waals surface area contributed by atoms with Crippen LogP contribution in [-0.4, -0.2) is 78.8 Å². The molecule has 0 unspecified atom stereocenters. The lowest BCUT2D eigenvalue weighted by Gasteiger charge is -2.20. The maximum atomic E-state index is 11.9. The number of alkyl halides is 3. The first-order valence-electron chi connectivity index (χ1n) is 6.26. The van der Waals surface area contributed by atoms with Gasteiger partial charge in [0.1, 0.15) is 6.54 Å². The highest BCUT2D eigenvalue weighted by atomic mass is 19.4. The van der Waals surface area contributed by atoms with E-state index < -0.39 is 24.6 Å². The molecule has 6 nitrogen and oxygen atoms in total. The quantitative estimate of drug-likeness (QED) is 0.732. The van der Waals surface area contributed by atoms with Crippen molar-refractivity contribution in [2.75, 3.05) is 45.8 Å². The van der Waals surface area contributed by atoms with E-state index in [1.54, 1.807) is 9.80 Å². The molecule has 0 aromatic rings. The van der Waals surface area contributed by atoms with Crippen molar-refractivity contribution in [1.29, 1.82) is 0 Å². The predicted octanol–water partition coefficient (Wildman–Crippen LogP) is -0.243. The Bertz CT molecular complexity index is 350. The Labute approximate surface area is 114 Å². The largest absolute Gasteiger partial charge is 0.480 e. The fourth-order valence-electron chi connectivity index (χ4n) is 1.99. The van der Waals surface area contributed by atoms with E-state index in [4.69, 9.17) is 5.11 Å². The lowest BCUT2D eigenvalue weighted by Crippen LogP contribution is -2.42. The Morgan fingerprint density at radius 1 is 1.05 bits per heavy atom. The van der Waals surface area contributed by atoms with E-state index in [9.17, 15) is 22.8 Å². The zero-order valence-electron chi connectivity index (χ0n) is 10.9. The van der Waals surface area contributed by atoms with E-state index in [1.165, 1.54) is 0 Å². The minimum atomic E-state index is -4.41. The number of carbonyl (C=O) groups is 2. The molecule has 0 bridgehead atoms. The number of aliphatic carboxylic acids is 1. The van der Waals surface area contributed by atoms with Crippen molar-refractivity contribution in [1.82, 2.24) is 15.1 Å². The molecule has 1 aliphatic heterocycles. The van der Waals surface area contributed by atoms with Crippen molar-refractivity contribution < 1.29 is 27.9 Å². The van der Waals surface area contributed by atoms with Crippen LogP contribution in [0.1, 0.15) is 6.42 Å². The molecule has 20 heavy (non-hydrogen) atoms. The van der Waals surface area contributed by atoms with Crippen LogP contribution in [0, 0.1) is 0 Å². The molecule has 1 amide bonds. The van der Waals surface area contributed by atoms with Crippen LogP contribution in [0.3, 0.4) is 0 Å². The summed E-state index contributed by atoms with van der Waals surface area (Å²) in [4.78, 5) is 25.4. The molecular weight excluding hydrogens is 279 g/mol. The predicted molar refractivity (Wildman–Crippen MR) is 64.2 cm³/mol. The van der Waals surface area contributed by atoms with Crippen LogP contribution >= 0.6 is 0 Å². The van der Waals surface area contributed by atoms with Gasteiger partial charge in [-0.3, -0.25) is 19.4 Å². The SMILES string of the molecule is O=C(O)CN1CCCN(CC(=O)NCC(F)(F)F)CC1. The first-order chi connectivity index (χ1) is 9.26. The lowest BCUT2D eigenvalue weighted by molar-refractivity contribution is -0.139. The maximum Gasteiger partial charge on any atom is 0.405 e. The zero-order chi connectivity index (χ0) is 15.2. The summed E-state index contributed by atoms with van der Waals surface area (Å²) in [5, 5.41) is 10.5. The van der Waals surface area contributed by atoms with E-state index in [0.717, 1.165) is 0 Å². The maximum absolute atomic E-state index is 11.9. The third-order valence-corrected chi connectivity index (χ3v) is 2.89. The highest BCUT2D eigenvalue weighted by molar-refractivity contribution is 5.78. The molecule has 0 aromatic heterocycles. The summed E-state index contributed by atoms with van der Waals surface area (Å²) in [7, 11) is 0. The van der Waals surface area contributed by atoms with Gasteiger partial charge in [0.25, 0.3) is 0 Å². The zero-order valence-corrected chi connectivity index (χ0v) is 10.9. The molecule has 0 aliphatic carbocycles. The molecule has 1 heterocycles. The number of halogens is 3. The Morgan fingerprint density at radius 2 is 1.60 bits per heavy atom. The van der Waals surface area contributed by atoms with Gasteiger partial charge in [-0.2, -0.15) is 13.2 Å². The molecule has 1 fully saturated rings. The molecule has 1 aliphatic rings. The number of amides is 1. The molecule has 0 spiro atoms. The van der Waals surface area contributed by atoms with Crippen LogP contribution < -0.4 is 5.32 Å². The average molecular weight is 297 g/mol. The van der Waals surface area contributed by atoms with Crippen LogP contribution in [0.4, 0.5) is 13.2 Å². The minimum absolute atomic E-state index is 0.0614. The van der Waals surface area contributed by atoms with Gasteiger partial charge in [-0.25, -0.2) is 0 Å². The summed E-state index contributed by atoms with van der Waals surface area (Å²) in [6.07, 6.45) is -3.73. The first-order valence-corrected chi connectivity index (χ1v) is 6.26. The molecule has 1 rings (SSSR count). The molecule has 0 aromatic carbocycles. The van der Waals surface area contributed by atoms with Gasteiger partial charge >= 0.3 is 12.1 Å². The van der Waals surface area contributed by atoms with E-state index in [1.807, 2.05) is 5.32 Å². The summed E-state index contributed by atoms with van der Waals surface area (Å²) in [6.45, 7) is 0.629. The van der Waals surface area contributed by atoms with Gasteiger partial charge in [0.15, 0.2) is 0 Å². The van der Waals surface area contributed by atoms with Crippen LogP contribution in [0.15, 0.2) is 0 Å². The number of nitrogens with zero attached hydrogens (tertiary/aromatic N) is 2. The molecule has 0 radical (unpaired) electrons. The van der Waals surface area contributed by atoms with Crippen molar-refractivity contribution >= 4 is 11.9 Å². The van der Waals surface area contributed by atoms with Crippen molar-refractivity contribution in [2.45, 2.75) is 12.6 Å². The summed E-state index contributed by atoms with van der Waals surface area (Å²) < 4.78 is 35.8. The standard InChI is InChI=1S/C11H18F3N3O3/c12-11(13,14)8-15-9(18)6-16-2-1-3-17(5-4-16)7-10(19)20/h1-8H2,(H,15,18)(H,19,20). The summed E-state index contributed by atoms with van der Waals surface area (Å²) in [5.41, 5.74) is 0. The highest BCUT2D eigenvalue weighted by Gasteiger charge is 2.28. The Hall–Kier alpha value is -1.35. The first kappa shape index (κ1) is 16.7. The van der Waals surface area contributed by atoms with Crippen LogP contribution in [0.25, 0.3) is 0 Å². The second-order valence-electron chi connectivity index (χ2n) is 4.69. The molecule has 9 heteroatoms. The third kappa shape index (κ3) is 7.29. The second-order valence-corrected chi connectivity index (χ2v) is 4.69. The Kier molecular flexibility index (Phi) is 6.21. The Morgan fingerprint density at radius 3 is 2.10 bits per heavy atom. The van der Waals surface area contributed by atoms with Crippen molar-refractivity contribution in [3.05, 3.63) is 0 Å². The van der Waals surface area contributed by atoms with Crippen LogP contribution in [-0.2, 0) is 9.59 Å². The van der Waals surface area contributed by atoms with E-state index >= 15 is 0 Å². The normalized spacial score (nSPS) is 18.6. The van der Waals surface area contributed by atoms with Gasteiger partial charge in [0.2, 0.25) is 5.91 Å². The summed E-state index contributed by atoms with van der Waals surface area (Å²) in [6, 6.07) is 0. The van der Waals surface area contributed by atoms with Crippen molar-refractivity contribution in [3.8, 4) is 0 Å². The summed E-state index contributed by atoms with van der Waals surface area (Å²) in [5.74, 6) is -1.59. The van der Waals surface area contributed by atoms with Gasteiger partial charge in [0, 0.05) is 19.6 Å². The lowest BCUT2D eigenvalue weighted by atomic mass is 10.3. The number of carboxylic acids is 1. The van der Waals surface area contributed by atoms with Gasteiger partial charge in [-0.1, -0.05) is 0 Å². The molecule has 0 saturated carbocycles. The van der Waals surface area contributed by atoms with Crippen molar-refractivity contribution in [2.24, 2.45) is 0 Å². The minimum Gasteiger partial charge on any atom is -0.480 e. The number of hydrogen-bond donors (Lipinski definition) is 2. The monoisotopic (exact) mass is 297 g/mol. The second kappa shape index (κ2) is 7.44. The molecule has 0 atom stereocenters. The van der Waals surface area contributed by atoms with Crippen molar-refractivity contribution in [3.63, 3.8) is 0 Å². The third-order valence-electron chi connectivity index (χ3n) is 2.89. The van der Waals surface area contributed by atoms with E-state index in [-0.39, 0.29) is 13.1 Å². The number of nitrogens with one attached hydrogen (secondary N) is 1. The van der Waals surface area contributed by atoms with Gasteiger partial charge in [-0.05, 0) is 13.0 Å². The van der Waals surface area contributed by atoms with E-state index in [2.05, 4.69) is 0 Å². The van der Waals surface area contributed by atoms with Crippen LogP contribution in [0.5, 0.6) is 0 Å². The fourth-order valence-corrected chi connectivity index (χ4v) is 1.99. The number of hydrogen-bond acceptors (Lipinski definition) is 4. The number of rotatable bonds is 5. The Balaban J connectivity index is 2.31.